The molecule has 2 aromatic carbocycles. The molecule has 1 heterocycles. The predicted molar refractivity (Wildman–Crippen MR) is 79.7 cm³/mol. The molecule has 0 saturated heterocycles. The summed E-state index contributed by atoms with van der Waals surface area (Å²) in [6, 6.07) is 16.7. The van der Waals surface area contributed by atoms with Gasteiger partial charge in [-0.25, -0.2) is 4.98 Å². The highest BCUT2D eigenvalue weighted by Crippen LogP contribution is 2.24. The number of hydrogen-bond acceptors (Lipinski definition) is 2. The molecule has 0 radical (unpaired) electrons. The van der Waals surface area contributed by atoms with Gasteiger partial charge in [-0.05, 0) is 36.3 Å². The first-order valence-electron chi connectivity index (χ1n) is 5.91. The minimum atomic E-state index is 1.06. The molecule has 0 unspecified atom stereocenters. The van der Waals surface area contributed by atoms with Crippen molar-refractivity contribution in [2.45, 2.75) is 6.92 Å². The maximum Gasteiger partial charge on any atom is 0.117 e. The van der Waals surface area contributed by atoms with Gasteiger partial charge in [-0.3, -0.25) is 0 Å². The largest absolute Gasteiger partial charge is 0.237 e. The molecule has 0 aliphatic heterocycles. The van der Waals surface area contributed by atoms with E-state index in [4.69, 9.17) is 0 Å². The van der Waals surface area contributed by atoms with E-state index in [1.807, 2.05) is 18.2 Å². The zero-order valence-corrected chi connectivity index (χ0v) is 10.9. The maximum absolute atomic E-state index is 4.62. The smallest absolute Gasteiger partial charge is 0.117 e. The van der Waals surface area contributed by atoms with Crippen molar-refractivity contribution in [1.29, 1.82) is 0 Å². The van der Waals surface area contributed by atoms with Gasteiger partial charge in [0, 0.05) is 0 Å². The molecule has 18 heavy (non-hydrogen) atoms. The zero-order valence-electron chi connectivity index (χ0n) is 10.1. The average Bonchev–Trinajstić information content (AvgIpc) is 2.79. The Labute approximate surface area is 110 Å². The van der Waals surface area contributed by atoms with Crippen molar-refractivity contribution in [2.75, 3.05) is 0 Å². The summed E-state index contributed by atoms with van der Waals surface area (Å²) < 4.78 is 1.24. The van der Waals surface area contributed by atoms with Gasteiger partial charge in [-0.15, -0.1) is 11.3 Å². The maximum atomic E-state index is 4.62. The molecule has 0 N–H and O–H groups in total. The SMILES string of the molecule is Cc1ccc2sc(C=Cc3ccccc3)nc2c1. The Balaban J connectivity index is 1.93. The topological polar surface area (TPSA) is 12.9 Å². The molecule has 1 aromatic heterocycles. The third kappa shape index (κ3) is 2.34. The molecular formula is C16H13NS. The summed E-state index contributed by atoms with van der Waals surface area (Å²) in [4.78, 5) is 4.62. The van der Waals surface area contributed by atoms with E-state index in [-0.39, 0.29) is 0 Å². The van der Waals surface area contributed by atoms with E-state index in [2.05, 4.69) is 54.4 Å². The second kappa shape index (κ2) is 4.75. The highest BCUT2D eigenvalue weighted by Gasteiger charge is 2.00. The van der Waals surface area contributed by atoms with Crippen LogP contribution >= 0.6 is 11.3 Å². The molecule has 3 rings (SSSR count). The summed E-state index contributed by atoms with van der Waals surface area (Å²) in [6.45, 7) is 2.10. The Hall–Kier alpha value is -1.93. The number of hydrogen-bond donors (Lipinski definition) is 0. The summed E-state index contributed by atoms with van der Waals surface area (Å²) in [7, 11) is 0. The molecule has 1 nitrogen and oxygen atoms in total. The fraction of sp³-hybridized carbons (Fsp3) is 0.0625. The highest BCUT2D eigenvalue weighted by atomic mass is 32.1. The van der Waals surface area contributed by atoms with Crippen molar-refractivity contribution in [2.24, 2.45) is 0 Å². The summed E-state index contributed by atoms with van der Waals surface area (Å²) in [5, 5.41) is 1.06. The highest BCUT2D eigenvalue weighted by molar-refractivity contribution is 7.19. The number of benzene rings is 2. The van der Waals surface area contributed by atoms with Crippen LogP contribution in [0.4, 0.5) is 0 Å². The average molecular weight is 251 g/mol. The first-order valence-corrected chi connectivity index (χ1v) is 6.73. The molecule has 88 valence electrons. The van der Waals surface area contributed by atoms with Gasteiger partial charge in [0.1, 0.15) is 5.01 Å². The van der Waals surface area contributed by atoms with Gasteiger partial charge in [0.15, 0.2) is 0 Å². The monoisotopic (exact) mass is 251 g/mol. The summed E-state index contributed by atoms with van der Waals surface area (Å²) in [6.07, 6.45) is 4.18. The molecular weight excluding hydrogens is 238 g/mol. The van der Waals surface area contributed by atoms with E-state index in [1.165, 1.54) is 15.8 Å². The Kier molecular flexibility index (Phi) is 2.95. The number of aromatic nitrogens is 1. The van der Waals surface area contributed by atoms with Crippen LogP contribution in [-0.2, 0) is 0 Å². The van der Waals surface area contributed by atoms with Crippen molar-refractivity contribution in [3.8, 4) is 0 Å². The van der Waals surface area contributed by atoms with Crippen LogP contribution in [-0.4, -0.2) is 4.98 Å². The summed E-state index contributed by atoms with van der Waals surface area (Å²) in [5.41, 5.74) is 3.55. The zero-order chi connectivity index (χ0) is 12.4. The van der Waals surface area contributed by atoms with E-state index in [1.54, 1.807) is 11.3 Å². The van der Waals surface area contributed by atoms with E-state index in [0.717, 1.165) is 10.5 Å². The van der Waals surface area contributed by atoms with Crippen molar-refractivity contribution in [3.63, 3.8) is 0 Å². The van der Waals surface area contributed by atoms with Gasteiger partial charge in [-0.1, -0.05) is 42.5 Å². The van der Waals surface area contributed by atoms with Crippen LogP contribution in [0, 0.1) is 6.92 Å². The van der Waals surface area contributed by atoms with Crippen molar-refractivity contribution < 1.29 is 0 Å². The molecule has 0 amide bonds. The standard InChI is InChI=1S/C16H13NS/c1-12-7-9-15-14(11-12)17-16(18-15)10-8-13-5-3-2-4-6-13/h2-11H,1H3. The van der Waals surface area contributed by atoms with E-state index < -0.39 is 0 Å². The molecule has 0 fully saturated rings. The molecule has 0 bridgehead atoms. The lowest BCUT2D eigenvalue weighted by Crippen LogP contribution is -1.72. The van der Waals surface area contributed by atoms with Gasteiger partial charge >= 0.3 is 0 Å². The predicted octanol–water partition coefficient (Wildman–Crippen LogP) is 4.78. The van der Waals surface area contributed by atoms with E-state index in [9.17, 15) is 0 Å². The lowest BCUT2D eigenvalue weighted by molar-refractivity contribution is 1.43. The first-order chi connectivity index (χ1) is 8.81. The third-order valence-corrected chi connectivity index (χ3v) is 3.78. The second-order valence-corrected chi connectivity index (χ2v) is 5.33. The van der Waals surface area contributed by atoms with Gasteiger partial charge in [0.2, 0.25) is 0 Å². The van der Waals surface area contributed by atoms with Gasteiger partial charge in [0.05, 0.1) is 10.2 Å². The fourth-order valence-electron chi connectivity index (χ4n) is 1.86. The number of rotatable bonds is 2. The molecule has 0 atom stereocenters. The van der Waals surface area contributed by atoms with Crippen molar-refractivity contribution in [3.05, 3.63) is 64.7 Å². The van der Waals surface area contributed by atoms with Gasteiger partial charge in [-0.2, -0.15) is 0 Å². The normalized spacial score (nSPS) is 11.4. The van der Waals surface area contributed by atoms with Crippen LogP contribution in [0.25, 0.3) is 22.4 Å². The molecule has 3 aromatic rings. The van der Waals surface area contributed by atoms with Crippen LogP contribution in [0.3, 0.4) is 0 Å². The molecule has 0 saturated carbocycles. The lowest BCUT2D eigenvalue weighted by Gasteiger charge is -1.89. The Bertz CT molecular complexity index is 695. The van der Waals surface area contributed by atoms with Gasteiger partial charge < -0.3 is 0 Å². The van der Waals surface area contributed by atoms with Crippen LogP contribution < -0.4 is 0 Å². The molecule has 0 aliphatic carbocycles. The minimum absolute atomic E-state index is 1.06. The Morgan fingerprint density at radius 3 is 2.67 bits per heavy atom. The summed E-state index contributed by atoms with van der Waals surface area (Å²) >= 11 is 1.73. The number of nitrogens with zero attached hydrogens (tertiary/aromatic N) is 1. The molecule has 2 heteroatoms. The van der Waals surface area contributed by atoms with E-state index in [0.29, 0.717) is 0 Å². The Morgan fingerprint density at radius 2 is 1.83 bits per heavy atom. The first kappa shape index (κ1) is 11.2. The number of aryl methyl sites for hydroxylation is 1. The Morgan fingerprint density at radius 1 is 1.00 bits per heavy atom. The second-order valence-electron chi connectivity index (χ2n) is 4.27. The van der Waals surface area contributed by atoms with Crippen LogP contribution in [0.1, 0.15) is 16.1 Å². The third-order valence-electron chi connectivity index (χ3n) is 2.78. The quantitative estimate of drug-likeness (QED) is 0.639. The van der Waals surface area contributed by atoms with Crippen molar-refractivity contribution >= 4 is 33.7 Å². The lowest BCUT2D eigenvalue weighted by atomic mass is 10.2. The van der Waals surface area contributed by atoms with Gasteiger partial charge in [0.25, 0.3) is 0 Å². The summed E-state index contributed by atoms with van der Waals surface area (Å²) in [5.74, 6) is 0. The van der Waals surface area contributed by atoms with E-state index >= 15 is 0 Å². The van der Waals surface area contributed by atoms with Crippen LogP contribution in [0.2, 0.25) is 0 Å². The number of thiazole rings is 1. The van der Waals surface area contributed by atoms with Crippen LogP contribution in [0.15, 0.2) is 48.5 Å². The fourth-order valence-corrected chi connectivity index (χ4v) is 2.71. The minimum Gasteiger partial charge on any atom is -0.237 e. The molecule has 0 aliphatic rings. The number of fused-ring (bicyclic) bond motifs is 1. The molecule has 0 spiro atoms. The van der Waals surface area contributed by atoms with Crippen LogP contribution in [0.5, 0.6) is 0 Å². The van der Waals surface area contributed by atoms with Crippen molar-refractivity contribution in [1.82, 2.24) is 4.98 Å².